The fourth-order valence-electron chi connectivity index (χ4n) is 1.35. The van der Waals surface area contributed by atoms with E-state index in [2.05, 4.69) is 0 Å². The molecule has 0 bridgehead atoms. The molecule has 0 spiro atoms. The van der Waals surface area contributed by atoms with Crippen molar-refractivity contribution in [3.8, 4) is 11.5 Å². The fourth-order valence-corrected chi connectivity index (χ4v) is 1.58. The van der Waals surface area contributed by atoms with Gasteiger partial charge < -0.3 is 20.3 Å². The number of halogens is 4. The molecule has 0 fully saturated rings. The molecule has 0 radical (unpaired) electrons. The van der Waals surface area contributed by atoms with Gasteiger partial charge in [-0.3, -0.25) is 0 Å². The smallest absolute Gasteiger partial charge is 0.417 e. The summed E-state index contributed by atoms with van der Waals surface area (Å²) in [4.78, 5) is 0. The highest BCUT2D eigenvalue weighted by Crippen LogP contribution is 2.35. The molecule has 0 heterocycles. The number of benzene rings is 1. The summed E-state index contributed by atoms with van der Waals surface area (Å²) in [6, 6.07) is 2.84. The largest absolute Gasteiger partial charge is 0.493 e. The lowest BCUT2D eigenvalue weighted by molar-refractivity contribution is -0.210. The molecular weight excluding hydrogens is 287 g/mol. The van der Waals surface area contributed by atoms with Crippen LogP contribution in [0.2, 0.25) is 5.02 Å². The summed E-state index contributed by atoms with van der Waals surface area (Å²) >= 11 is 5.79. The van der Waals surface area contributed by atoms with E-state index in [4.69, 9.17) is 31.9 Å². The lowest BCUT2D eigenvalue weighted by atomic mass is 10.2. The minimum Gasteiger partial charge on any atom is -0.493 e. The molecule has 0 aromatic heterocycles. The van der Waals surface area contributed by atoms with Crippen molar-refractivity contribution in [2.75, 3.05) is 13.7 Å². The standard InChI is InChI=1S/C11H13ClF3NO3/c1-18-8-3-7(12)2-6(4-16)10(8)19-5-9(17)11(13,14)15/h2-3,9,17H,4-5,16H2,1H3. The van der Waals surface area contributed by atoms with Gasteiger partial charge in [-0.1, -0.05) is 11.6 Å². The van der Waals surface area contributed by atoms with Gasteiger partial charge in [-0.15, -0.1) is 0 Å². The zero-order chi connectivity index (χ0) is 14.6. The Morgan fingerprint density at radius 3 is 2.53 bits per heavy atom. The molecule has 3 N–H and O–H groups in total. The second-order valence-corrected chi connectivity index (χ2v) is 4.11. The van der Waals surface area contributed by atoms with Gasteiger partial charge in [0.15, 0.2) is 17.6 Å². The van der Waals surface area contributed by atoms with Gasteiger partial charge in [0.2, 0.25) is 0 Å². The molecule has 8 heteroatoms. The van der Waals surface area contributed by atoms with Crippen LogP contribution in [-0.2, 0) is 6.54 Å². The lowest BCUT2D eigenvalue weighted by Gasteiger charge is -2.18. The van der Waals surface area contributed by atoms with Crippen LogP contribution in [-0.4, -0.2) is 31.1 Å². The van der Waals surface area contributed by atoms with Gasteiger partial charge >= 0.3 is 6.18 Å². The van der Waals surface area contributed by atoms with Crippen molar-refractivity contribution in [3.05, 3.63) is 22.7 Å². The SMILES string of the molecule is COc1cc(Cl)cc(CN)c1OCC(O)C(F)(F)F. The van der Waals surface area contributed by atoms with Crippen LogP contribution in [0.25, 0.3) is 0 Å². The van der Waals surface area contributed by atoms with Crippen LogP contribution < -0.4 is 15.2 Å². The van der Waals surface area contributed by atoms with E-state index in [0.29, 0.717) is 10.6 Å². The van der Waals surface area contributed by atoms with Gasteiger partial charge in [-0.05, 0) is 6.07 Å². The highest BCUT2D eigenvalue weighted by molar-refractivity contribution is 6.30. The summed E-state index contributed by atoms with van der Waals surface area (Å²) in [6.07, 6.45) is -7.33. The molecule has 1 unspecified atom stereocenters. The highest BCUT2D eigenvalue weighted by atomic mass is 35.5. The number of ether oxygens (including phenoxy) is 2. The van der Waals surface area contributed by atoms with Gasteiger partial charge in [-0.25, -0.2) is 0 Å². The van der Waals surface area contributed by atoms with Crippen molar-refractivity contribution in [1.82, 2.24) is 0 Å². The molecule has 108 valence electrons. The van der Waals surface area contributed by atoms with Crippen LogP contribution in [0.15, 0.2) is 12.1 Å². The maximum absolute atomic E-state index is 12.2. The number of aliphatic hydroxyl groups is 1. The Morgan fingerprint density at radius 2 is 2.05 bits per heavy atom. The zero-order valence-corrected chi connectivity index (χ0v) is 10.8. The molecule has 1 atom stereocenters. The van der Waals surface area contributed by atoms with Crippen molar-refractivity contribution in [1.29, 1.82) is 0 Å². The van der Waals surface area contributed by atoms with Crippen LogP contribution in [0.1, 0.15) is 5.56 Å². The Hall–Kier alpha value is -1.18. The Bertz CT molecular complexity index is 415. The third-order valence-electron chi connectivity index (χ3n) is 2.30. The molecule has 0 amide bonds. The second-order valence-electron chi connectivity index (χ2n) is 3.67. The Balaban J connectivity index is 2.94. The van der Waals surface area contributed by atoms with E-state index in [1.165, 1.54) is 19.2 Å². The van der Waals surface area contributed by atoms with Crippen LogP contribution in [0.4, 0.5) is 13.2 Å². The summed E-state index contributed by atoms with van der Waals surface area (Å²) in [7, 11) is 1.32. The number of hydrogen-bond acceptors (Lipinski definition) is 4. The van der Waals surface area contributed by atoms with Crippen molar-refractivity contribution in [3.63, 3.8) is 0 Å². The van der Waals surface area contributed by atoms with E-state index in [1.807, 2.05) is 0 Å². The Morgan fingerprint density at radius 1 is 1.42 bits per heavy atom. The normalized spacial score (nSPS) is 13.2. The van der Waals surface area contributed by atoms with E-state index < -0.39 is 18.9 Å². The van der Waals surface area contributed by atoms with Crippen molar-refractivity contribution in [2.45, 2.75) is 18.8 Å². The predicted octanol–water partition coefficient (Wildman–Crippen LogP) is 2.11. The number of aliphatic hydroxyl groups excluding tert-OH is 1. The number of alkyl halides is 3. The molecule has 1 aromatic rings. The predicted molar refractivity (Wildman–Crippen MR) is 63.5 cm³/mol. The number of hydrogen-bond donors (Lipinski definition) is 2. The van der Waals surface area contributed by atoms with Crippen LogP contribution >= 0.6 is 11.6 Å². The van der Waals surface area contributed by atoms with Crippen LogP contribution in [0, 0.1) is 0 Å². The molecule has 19 heavy (non-hydrogen) atoms. The second kappa shape index (κ2) is 6.31. The number of nitrogens with two attached hydrogens (primary N) is 1. The summed E-state index contributed by atoms with van der Waals surface area (Å²) in [5.41, 5.74) is 5.84. The minimum absolute atomic E-state index is 0.00830. The molecular formula is C11H13ClF3NO3. The van der Waals surface area contributed by atoms with Crippen molar-refractivity contribution >= 4 is 11.6 Å². The number of methoxy groups -OCH3 is 1. The first-order valence-corrected chi connectivity index (χ1v) is 5.61. The summed E-state index contributed by atoms with van der Waals surface area (Å²) in [5.74, 6) is 0.194. The monoisotopic (exact) mass is 299 g/mol. The van der Waals surface area contributed by atoms with E-state index in [0.717, 1.165) is 0 Å². The highest BCUT2D eigenvalue weighted by Gasteiger charge is 2.39. The Kier molecular flexibility index (Phi) is 5.28. The molecule has 4 nitrogen and oxygen atoms in total. The average molecular weight is 300 g/mol. The maximum atomic E-state index is 12.2. The van der Waals surface area contributed by atoms with Gasteiger partial charge in [0.05, 0.1) is 7.11 Å². The summed E-state index contributed by atoms with van der Waals surface area (Å²) in [6.45, 7) is -0.942. The maximum Gasteiger partial charge on any atom is 0.417 e. The van der Waals surface area contributed by atoms with Crippen LogP contribution in [0.5, 0.6) is 11.5 Å². The van der Waals surface area contributed by atoms with Gasteiger partial charge in [0.25, 0.3) is 0 Å². The topological polar surface area (TPSA) is 64.7 Å². The molecule has 0 saturated carbocycles. The summed E-state index contributed by atoms with van der Waals surface area (Å²) in [5, 5.41) is 9.20. The first kappa shape index (κ1) is 15.9. The minimum atomic E-state index is -4.75. The molecule has 1 rings (SSSR count). The third kappa shape index (κ3) is 4.15. The van der Waals surface area contributed by atoms with Gasteiger partial charge in [-0.2, -0.15) is 13.2 Å². The lowest BCUT2D eigenvalue weighted by Crippen LogP contribution is -2.34. The third-order valence-corrected chi connectivity index (χ3v) is 2.52. The van der Waals surface area contributed by atoms with Crippen molar-refractivity contribution in [2.24, 2.45) is 5.73 Å². The van der Waals surface area contributed by atoms with E-state index in [1.54, 1.807) is 0 Å². The molecule has 1 aromatic carbocycles. The summed E-state index contributed by atoms with van der Waals surface area (Å²) < 4.78 is 46.4. The van der Waals surface area contributed by atoms with Gasteiger partial charge in [0, 0.05) is 23.2 Å². The van der Waals surface area contributed by atoms with Crippen molar-refractivity contribution < 1.29 is 27.8 Å². The van der Waals surface area contributed by atoms with Crippen LogP contribution in [0.3, 0.4) is 0 Å². The first-order chi connectivity index (χ1) is 8.79. The molecule has 0 saturated heterocycles. The average Bonchev–Trinajstić information content (AvgIpc) is 2.34. The van der Waals surface area contributed by atoms with E-state index >= 15 is 0 Å². The van der Waals surface area contributed by atoms with E-state index in [9.17, 15) is 13.2 Å². The quantitative estimate of drug-likeness (QED) is 0.874. The zero-order valence-electron chi connectivity index (χ0n) is 10.00. The number of rotatable bonds is 5. The van der Waals surface area contributed by atoms with E-state index in [-0.39, 0.29) is 18.0 Å². The molecule has 0 aliphatic carbocycles. The fraction of sp³-hybridized carbons (Fsp3) is 0.455. The first-order valence-electron chi connectivity index (χ1n) is 5.23. The Labute approximate surface area is 112 Å². The molecule has 0 aliphatic rings. The molecule has 0 aliphatic heterocycles. The van der Waals surface area contributed by atoms with Gasteiger partial charge in [0.1, 0.15) is 6.61 Å².